The normalized spacial score (nSPS) is 9.92. The van der Waals surface area contributed by atoms with Gasteiger partial charge >= 0.3 is 5.97 Å². The van der Waals surface area contributed by atoms with Gasteiger partial charge in [-0.3, -0.25) is 4.79 Å². The maximum atomic E-state index is 10.2. The zero-order valence-corrected chi connectivity index (χ0v) is 8.41. The highest BCUT2D eigenvalue weighted by atomic mass is 79.9. The molecule has 0 atom stereocenters. The van der Waals surface area contributed by atoms with E-state index in [0.29, 0.717) is 6.54 Å². The second-order valence-corrected chi connectivity index (χ2v) is 3.30. The summed E-state index contributed by atoms with van der Waals surface area (Å²) >= 11 is 3.23. The number of carbonyl (C=O) groups is 1. The molecule has 0 unspecified atom stereocenters. The van der Waals surface area contributed by atoms with E-state index in [0.717, 1.165) is 10.2 Å². The summed E-state index contributed by atoms with van der Waals surface area (Å²) in [5.41, 5.74) is 1.00. The second kappa shape index (κ2) is 4.94. The van der Waals surface area contributed by atoms with Crippen molar-refractivity contribution in [3.05, 3.63) is 28.5 Å². The van der Waals surface area contributed by atoms with Gasteiger partial charge in [0.05, 0.1) is 6.54 Å². The first-order chi connectivity index (χ1) is 6.18. The van der Waals surface area contributed by atoms with E-state index in [9.17, 15) is 4.79 Å². The highest BCUT2D eigenvalue weighted by Crippen LogP contribution is 2.07. The minimum absolute atomic E-state index is 0.0278. The van der Waals surface area contributed by atoms with Gasteiger partial charge in [-0.05, 0) is 33.6 Å². The molecule has 0 saturated carbocycles. The topological polar surface area (TPSA) is 62.2 Å². The van der Waals surface area contributed by atoms with Crippen molar-refractivity contribution in [3.63, 3.8) is 0 Å². The molecule has 0 aliphatic rings. The van der Waals surface area contributed by atoms with Crippen molar-refractivity contribution in [1.29, 1.82) is 0 Å². The quantitative estimate of drug-likeness (QED) is 0.777. The highest BCUT2D eigenvalue weighted by Gasteiger charge is 1.97. The van der Waals surface area contributed by atoms with E-state index in [-0.39, 0.29) is 6.54 Å². The molecule has 1 heterocycles. The van der Waals surface area contributed by atoms with Gasteiger partial charge in [0, 0.05) is 12.7 Å². The maximum absolute atomic E-state index is 10.2. The Balaban J connectivity index is 2.41. The summed E-state index contributed by atoms with van der Waals surface area (Å²) < 4.78 is 0.752. The lowest BCUT2D eigenvalue weighted by molar-refractivity contribution is -0.135. The molecule has 0 aliphatic heterocycles. The Labute approximate surface area is 84.1 Å². The average molecular weight is 245 g/mol. The molecular formula is C8H9BrN2O2. The number of carboxylic acids is 1. The van der Waals surface area contributed by atoms with E-state index in [4.69, 9.17) is 5.11 Å². The summed E-state index contributed by atoms with van der Waals surface area (Å²) in [6.07, 6.45) is 1.67. The Morgan fingerprint density at radius 1 is 1.69 bits per heavy atom. The molecule has 13 heavy (non-hydrogen) atoms. The fourth-order valence-electron chi connectivity index (χ4n) is 0.866. The van der Waals surface area contributed by atoms with E-state index in [2.05, 4.69) is 26.2 Å². The number of aromatic nitrogens is 1. The van der Waals surface area contributed by atoms with Crippen LogP contribution >= 0.6 is 15.9 Å². The number of pyridine rings is 1. The van der Waals surface area contributed by atoms with E-state index in [1.54, 1.807) is 6.20 Å². The summed E-state index contributed by atoms with van der Waals surface area (Å²) in [5, 5.41) is 11.1. The minimum atomic E-state index is -0.854. The third-order valence-corrected chi connectivity index (χ3v) is 1.83. The summed E-state index contributed by atoms with van der Waals surface area (Å²) in [6, 6.07) is 3.68. The maximum Gasteiger partial charge on any atom is 0.317 e. The molecule has 2 N–H and O–H groups in total. The van der Waals surface area contributed by atoms with E-state index in [1.165, 1.54) is 0 Å². The lowest BCUT2D eigenvalue weighted by Gasteiger charge is -2.01. The van der Waals surface area contributed by atoms with Gasteiger partial charge in [0.1, 0.15) is 4.60 Å². The fourth-order valence-corrected chi connectivity index (χ4v) is 1.28. The van der Waals surface area contributed by atoms with E-state index in [1.807, 2.05) is 12.1 Å². The van der Waals surface area contributed by atoms with Crippen molar-refractivity contribution < 1.29 is 9.90 Å². The molecule has 0 saturated heterocycles. The van der Waals surface area contributed by atoms with Gasteiger partial charge in [-0.2, -0.15) is 0 Å². The Kier molecular flexibility index (Phi) is 3.85. The fraction of sp³-hybridized carbons (Fsp3) is 0.250. The first-order valence-electron chi connectivity index (χ1n) is 3.71. The lowest BCUT2D eigenvalue weighted by atomic mass is 10.3. The van der Waals surface area contributed by atoms with Crippen LogP contribution in [0.4, 0.5) is 0 Å². The van der Waals surface area contributed by atoms with E-state index < -0.39 is 5.97 Å². The average Bonchev–Trinajstić information content (AvgIpc) is 2.03. The summed E-state index contributed by atoms with van der Waals surface area (Å²) in [5.74, 6) is -0.854. The molecule has 0 bridgehead atoms. The first kappa shape index (κ1) is 10.1. The predicted molar refractivity (Wildman–Crippen MR) is 51.3 cm³/mol. The molecule has 0 aliphatic carbocycles. The van der Waals surface area contributed by atoms with Crippen LogP contribution in [-0.4, -0.2) is 22.6 Å². The van der Waals surface area contributed by atoms with Gasteiger partial charge in [0.25, 0.3) is 0 Å². The molecular weight excluding hydrogens is 236 g/mol. The van der Waals surface area contributed by atoms with Crippen molar-refractivity contribution in [1.82, 2.24) is 10.3 Å². The van der Waals surface area contributed by atoms with Gasteiger partial charge in [0.15, 0.2) is 0 Å². The second-order valence-electron chi connectivity index (χ2n) is 2.48. The van der Waals surface area contributed by atoms with Crippen molar-refractivity contribution in [3.8, 4) is 0 Å². The molecule has 70 valence electrons. The van der Waals surface area contributed by atoms with Crippen LogP contribution in [0.2, 0.25) is 0 Å². The standard InChI is InChI=1S/C8H9BrN2O2/c9-7-3-6(1-2-11-7)4-10-5-8(12)13/h1-3,10H,4-5H2,(H,12,13). The zero-order chi connectivity index (χ0) is 9.68. The monoisotopic (exact) mass is 244 g/mol. The van der Waals surface area contributed by atoms with Gasteiger partial charge in [-0.25, -0.2) is 4.98 Å². The van der Waals surface area contributed by atoms with Crippen LogP contribution in [-0.2, 0) is 11.3 Å². The van der Waals surface area contributed by atoms with Crippen molar-refractivity contribution in [2.24, 2.45) is 0 Å². The number of hydrogen-bond acceptors (Lipinski definition) is 3. The van der Waals surface area contributed by atoms with Gasteiger partial charge in [0.2, 0.25) is 0 Å². The molecule has 4 nitrogen and oxygen atoms in total. The van der Waals surface area contributed by atoms with Crippen LogP contribution in [0.3, 0.4) is 0 Å². The first-order valence-corrected chi connectivity index (χ1v) is 4.51. The van der Waals surface area contributed by atoms with Gasteiger partial charge in [-0.15, -0.1) is 0 Å². The molecule has 0 spiro atoms. The molecule has 0 fully saturated rings. The van der Waals surface area contributed by atoms with Crippen LogP contribution in [0.1, 0.15) is 5.56 Å². The number of carboxylic acid groups (broad SMARTS) is 1. The van der Waals surface area contributed by atoms with Crippen molar-refractivity contribution in [2.45, 2.75) is 6.54 Å². The molecule has 1 rings (SSSR count). The Morgan fingerprint density at radius 2 is 2.46 bits per heavy atom. The van der Waals surface area contributed by atoms with Crippen molar-refractivity contribution in [2.75, 3.05) is 6.54 Å². The van der Waals surface area contributed by atoms with Crippen molar-refractivity contribution >= 4 is 21.9 Å². The van der Waals surface area contributed by atoms with Crippen LogP contribution < -0.4 is 5.32 Å². The van der Waals surface area contributed by atoms with E-state index >= 15 is 0 Å². The Morgan fingerprint density at radius 3 is 3.08 bits per heavy atom. The number of rotatable bonds is 4. The van der Waals surface area contributed by atoms with Crippen LogP contribution in [0.5, 0.6) is 0 Å². The number of nitrogens with one attached hydrogen (secondary N) is 1. The highest BCUT2D eigenvalue weighted by molar-refractivity contribution is 9.10. The SMILES string of the molecule is O=C(O)CNCc1ccnc(Br)c1. The van der Waals surface area contributed by atoms with Crippen LogP contribution in [0.25, 0.3) is 0 Å². The molecule has 0 amide bonds. The Bertz CT molecular complexity index is 304. The summed E-state index contributed by atoms with van der Waals surface area (Å²) in [7, 11) is 0. The number of aliphatic carboxylic acids is 1. The lowest BCUT2D eigenvalue weighted by Crippen LogP contribution is -2.21. The Hall–Kier alpha value is -0.940. The molecule has 1 aromatic rings. The summed E-state index contributed by atoms with van der Waals surface area (Å²) in [4.78, 5) is 14.1. The summed E-state index contributed by atoms with van der Waals surface area (Å²) in [6.45, 7) is 0.507. The number of hydrogen-bond donors (Lipinski definition) is 2. The molecule has 0 radical (unpaired) electrons. The minimum Gasteiger partial charge on any atom is -0.480 e. The molecule has 0 aromatic carbocycles. The smallest absolute Gasteiger partial charge is 0.317 e. The molecule has 5 heteroatoms. The number of halogens is 1. The number of nitrogens with zero attached hydrogens (tertiary/aromatic N) is 1. The third kappa shape index (κ3) is 4.00. The molecule has 1 aromatic heterocycles. The van der Waals surface area contributed by atoms with Gasteiger partial charge < -0.3 is 10.4 Å². The third-order valence-electron chi connectivity index (χ3n) is 1.40. The van der Waals surface area contributed by atoms with Gasteiger partial charge in [-0.1, -0.05) is 0 Å². The van der Waals surface area contributed by atoms with Crippen LogP contribution in [0.15, 0.2) is 22.9 Å². The largest absolute Gasteiger partial charge is 0.480 e. The predicted octanol–water partition coefficient (Wildman–Crippen LogP) is 1.02. The van der Waals surface area contributed by atoms with Crippen LogP contribution in [0, 0.1) is 0 Å². The zero-order valence-electron chi connectivity index (χ0n) is 6.83.